The van der Waals surface area contributed by atoms with Crippen LogP contribution < -0.4 is 5.56 Å². The summed E-state index contributed by atoms with van der Waals surface area (Å²) in [5, 5.41) is 10.3. The van der Waals surface area contributed by atoms with Crippen molar-refractivity contribution in [1.82, 2.24) is 14.5 Å². The molecule has 6 nitrogen and oxygen atoms in total. The highest BCUT2D eigenvalue weighted by atomic mass is 16.4. The third kappa shape index (κ3) is 3.60. The Morgan fingerprint density at radius 3 is 2.46 bits per heavy atom. The number of benzene rings is 1. The lowest BCUT2D eigenvalue weighted by atomic mass is 10.0. The number of rotatable bonds is 7. The van der Waals surface area contributed by atoms with Crippen LogP contribution in [0.4, 0.5) is 0 Å². The molecule has 0 unspecified atom stereocenters. The van der Waals surface area contributed by atoms with Gasteiger partial charge in [0.2, 0.25) is 0 Å². The Morgan fingerprint density at radius 2 is 1.86 bits per heavy atom. The topological polar surface area (TPSA) is 78.3 Å². The minimum atomic E-state index is -1.21. The molecule has 28 heavy (non-hydrogen) atoms. The molecule has 3 aromatic rings. The lowest BCUT2D eigenvalue weighted by Gasteiger charge is -2.18. The number of H-pyrrole nitrogens is 1. The normalized spacial score (nSPS) is 11.5. The Hall–Kier alpha value is -2.86. The van der Waals surface area contributed by atoms with Gasteiger partial charge in [-0.1, -0.05) is 26.8 Å². The third-order valence-corrected chi connectivity index (χ3v) is 5.44. The molecule has 0 aliphatic rings. The van der Waals surface area contributed by atoms with E-state index >= 15 is 0 Å². The molecular weight excluding hydrogens is 354 g/mol. The van der Waals surface area contributed by atoms with Gasteiger partial charge in [0.15, 0.2) is 0 Å². The lowest BCUT2D eigenvalue weighted by Crippen LogP contribution is -2.23. The van der Waals surface area contributed by atoms with Crippen LogP contribution in [0.5, 0.6) is 0 Å². The SMILES string of the molecule is CCc1cc(C(=O)O)c(=O)[nH]c1-c1ccc2c(c1)cc(CN(CC)CC)n2C. The van der Waals surface area contributed by atoms with Gasteiger partial charge in [-0.15, -0.1) is 0 Å². The zero-order chi connectivity index (χ0) is 20.4. The average molecular weight is 381 g/mol. The summed E-state index contributed by atoms with van der Waals surface area (Å²) >= 11 is 0. The van der Waals surface area contributed by atoms with E-state index in [4.69, 9.17) is 0 Å². The number of hydrogen-bond acceptors (Lipinski definition) is 3. The number of nitrogens with one attached hydrogen (secondary N) is 1. The van der Waals surface area contributed by atoms with Crippen molar-refractivity contribution in [2.75, 3.05) is 13.1 Å². The van der Waals surface area contributed by atoms with Gasteiger partial charge in [-0.2, -0.15) is 0 Å². The second kappa shape index (κ2) is 8.02. The molecule has 6 heteroatoms. The van der Waals surface area contributed by atoms with Crippen LogP contribution in [0.3, 0.4) is 0 Å². The average Bonchev–Trinajstić information content (AvgIpc) is 3.00. The highest BCUT2D eigenvalue weighted by molar-refractivity contribution is 5.89. The van der Waals surface area contributed by atoms with Gasteiger partial charge in [-0.3, -0.25) is 9.69 Å². The zero-order valence-electron chi connectivity index (χ0n) is 16.9. The number of aromatic carboxylic acids is 1. The van der Waals surface area contributed by atoms with Crippen molar-refractivity contribution in [1.29, 1.82) is 0 Å². The Morgan fingerprint density at radius 1 is 1.14 bits per heavy atom. The first kappa shape index (κ1) is 19.9. The number of nitrogens with zero attached hydrogens (tertiary/aromatic N) is 2. The summed E-state index contributed by atoms with van der Waals surface area (Å²) in [7, 11) is 2.07. The largest absolute Gasteiger partial charge is 0.477 e. The lowest BCUT2D eigenvalue weighted by molar-refractivity contribution is 0.0695. The Kier molecular flexibility index (Phi) is 5.70. The predicted molar refractivity (Wildman–Crippen MR) is 112 cm³/mol. The molecule has 2 N–H and O–H groups in total. The summed E-state index contributed by atoms with van der Waals surface area (Å²) in [5.41, 5.74) is 3.97. The number of aryl methyl sites for hydroxylation is 2. The van der Waals surface area contributed by atoms with Crippen LogP contribution in [0.15, 0.2) is 35.1 Å². The fourth-order valence-corrected chi connectivity index (χ4v) is 3.66. The maximum absolute atomic E-state index is 12.2. The number of hydrogen-bond donors (Lipinski definition) is 2. The number of aromatic amines is 1. The van der Waals surface area contributed by atoms with Gasteiger partial charge in [0.05, 0.1) is 5.69 Å². The minimum Gasteiger partial charge on any atom is -0.477 e. The first-order valence-corrected chi connectivity index (χ1v) is 9.70. The summed E-state index contributed by atoms with van der Waals surface area (Å²) in [6.07, 6.45) is 0.631. The number of fused-ring (bicyclic) bond motifs is 1. The second-order valence-electron chi connectivity index (χ2n) is 7.00. The predicted octanol–water partition coefficient (Wildman–Crippen LogP) is 3.64. The zero-order valence-corrected chi connectivity index (χ0v) is 16.9. The molecule has 0 aliphatic carbocycles. The van der Waals surface area contributed by atoms with Crippen LogP contribution in [-0.4, -0.2) is 38.6 Å². The van der Waals surface area contributed by atoms with Crippen LogP contribution in [0.1, 0.15) is 42.4 Å². The van der Waals surface area contributed by atoms with Crippen LogP contribution in [0.25, 0.3) is 22.2 Å². The Balaban J connectivity index is 2.09. The molecule has 0 fully saturated rings. The number of carboxylic acids is 1. The third-order valence-electron chi connectivity index (χ3n) is 5.44. The van der Waals surface area contributed by atoms with Gasteiger partial charge in [-0.05, 0) is 54.9 Å². The summed E-state index contributed by atoms with van der Waals surface area (Å²) < 4.78 is 2.20. The van der Waals surface area contributed by atoms with E-state index < -0.39 is 11.5 Å². The molecule has 0 radical (unpaired) electrons. The summed E-state index contributed by atoms with van der Waals surface area (Å²) in [5.74, 6) is -1.21. The van der Waals surface area contributed by atoms with E-state index in [1.54, 1.807) is 0 Å². The molecule has 3 rings (SSSR count). The second-order valence-corrected chi connectivity index (χ2v) is 7.00. The monoisotopic (exact) mass is 381 g/mol. The van der Waals surface area contributed by atoms with Gasteiger partial charge in [0.25, 0.3) is 5.56 Å². The van der Waals surface area contributed by atoms with Gasteiger partial charge in [-0.25, -0.2) is 4.79 Å². The van der Waals surface area contributed by atoms with Crippen LogP contribution in [0.2, 0.25) is 0 Å². The van der Waals surface area contributed by atoms with Crippen LogP contribution >= 0.6 is 0 Å². The molecular formula is C22H27N3O3. The first-order chi connectivity index (χ1) is 13.4. The summed E-state index contributed by atoms with van der Waals surface area (Å²) in [4.78, 5) is 28.6. The van der Waals surface area contributed by atoms with E-state index in [-0.39, 0.29) is 5.56 Å². The van der Waals surface area contributed by atoms with Crippen molar-refractivity contribution in [2.45, 2.75) is 33.7 Å². The Bertz CT molecular complexity index is 1070. The number of aromatic nitrogens is 2. The van der Waals surface area contributed by atoms with Crippen molar-refractivity contribution in [3.63, 3.8) is 0 Å². The fourth-order valence-electron chi connectivity index (χ4n) is 3.66. The van der Waals surface area contributed by atoms with Gasteiger partial charge < -0.3 is 14.7 Å². The molecule has 0 bridgehead atoms. The number of carboxylic acid groups (broad SMARTS) is 1. The van der Waals surface area contributed by atoms with E-state index in [0.29, 0.717) is 12.1 Å². The van der Waals surface area contributed by atoms with E-state index in [9.17, 15) is 14.7 Å². The van der Waals surface area contributed by atoms with Crippen molar-refractivity contribution in [3.05, 3.63) is 57.5 Å². The molecule has 0 saturated heterocycles. The molecule has 148 valence electrons. The fraction of sp³-hybridized carbons (Fsp3) is 0.364. The van der Waals surface area contributed by atoms with E-state index in [1.807, 2.05) is 13.0 Å². The first-order valence-electron chi connectivity index (χ1n) is 9.70. The maximum atomic E-state index is 12.2. The van der Waals surface area contributed by atoms with E-state index in [0.717, 1.165) is 41.7 Å². The van der Waals surface area contributed by atoms with E-state index in [1.165, 1.54) is 11.8 Å². The van der Waals surface area contributed by atoms with E-state index in [2.05, 4.69) is 53.5 Å². The molecule has 1 aromatic carbocycles. The van der Waals surface area contributed by atoms with Crippen LogP contribution in [-0.2, 0) is 20.0 Å². The molecule has 0 saturated carbocycles. The minimum absolute atomic E-state index is 0.220. The number of carbonyl (C=O) groups is 1. The van der Waals surface area contributed by atoms with Crippen molar-refractivity contribution >= 4 is 16.9 Å². The van der Waals surface area contributed by atoms with Crippen LogP contribution in [0, 0.1) is 0 Å². The van der Waals surface area contributed by atoms with Crippen molar-refractivity contribution in [2.24, 2.45) is 7.05 Å². The molecule has 0 atom stereocenters. The summed E-state index contributed by atoms with van der Waals surface area (Å²) in [6.45, 7) is 9.16. The molecule has 0 aliphatic heterocycles. The summed E-state index contributed by atoms with van der Waals surface area (Å²) in [6, 6.07) is 9.77. The quantitative estimate of drug-likeness (QED) is 0.655. The Labute approximate surface area is 164 Å². The van der Waals surface area contributed by atoms with Gasteiger partial charge in [0, 0.05) is 30.2 Å². The van der Waals surface area contributed by atoms with Crippen molar-refractivity contribution in [3.8, 4) is 11.3 Å². The molecule has 0 amide bonds. The highest BCUT2D eigenvalue weighted by Gasteiger charge is 2.15. The standard InChI is InChI=1S/C22H27N3O3/c1-5-14-12-18(22(27)28)21(26)23-20(14)15-8-9-19-16(10-15)11-17(24(19)4)13-25(6-2)7-3/h8-12H,5-7,13H2,1-4H3,(H,23,26)(H,27,28). The highest BCUT2D eigenvalue weighted by Crippen LogP contribution is 2.28. The molecule has 0 spiro atoms. The smallest absolute Gasteiger partial charge is 0.341 e. The van der Waals surface area contributed by atoms with Gasteiger partial charge >= 0.3 is 5.97 Å². The maximum Gasteiger partial charge on any atom is 0.341 e. The molecule has 2 heterocycles. The van der Waals surface area contributed by atoms with Gasteiger partial charge in [0.1, 0.15) is 5.56 Å². The van der Waals surface area contributed by atoms with Crippen molar-refractivity contribution < 1.29 is 9.90 Å². The molecule has 2 aromatic heterocycles. The number of pyridine rings is 1.